The van der Waals surface area contributed by atoms with Crippen molar-refractivity contribution in [3.63, 3.8) is 0 Å². The number of nitrogens with zero attached hydrogens (tertiary/aromatic N) is 1. The number of nitrogens with one attached hydrogen (secondary N) is 1. The summed E-state index contributed by atoms with van der Waals surface area (Å²) < 4.78 is 22.8. The molecule has 9 heteroatoms. The van der Waals surface area contributed by atoms with Crippen LogP contribution < -0.4 is 9.47 Å². The molecule has 0 spiro atoms. The van der Waals surface area contributed by atoms with E-state index in [1.54, 1.807) is 51.3 Å². The minimum Gasteiger partial charge on any atom is -0.496 e. The molecule has 0 aromatic heterocycles. The molecule has 2 atom stereocenters. The second kappa shape index (κ2) is 10.7. The van der Waals surface area contributed by atoms with Crippen molar-refractivity contribution in [2.24, 2.45) is 5.92 Å². The quantitative estimate of drug-likeness (QED) is 0.454. The topological polar surface area (TPSA) is 102 Å². The van der Waals surface area contributed by atoms with E-state index in [0.29, 0.717) is 27.6 Å². The van der Waals surface area contributed by atoms with E-state index in [0.717, 1.165) is 4.47 Å². The van der Waals surface area contributed by atoms with Crippen LogP contribution >= 0.6 is 27.5 Å². The van der Waals surface area contributed by atoms with E-state index in [1.807, 2.05) is 6.07 Å². The third-order valence-electron chi connectivity index (χ3n) is 5.14. The first-order valence-electron chi connectivity index (χ1n) is 10.1. The minimum atomic E-state index is -0.990. The number of hydrogen-bond donors (Lipinski definition) is 1. The molecular weight excluding hydrogens is 512 g/mol. The van der Waals surface area contributed by atoms with Crippen molar-refractivity contribution in [1.29, 1.82) is 10.7 Å². The number of esters is 1. The molecule has 1 aliphatic heterocycles. The van der Waals surface area contributed by atoms with Crippen molar-refractivity contribution >= 4 is 39.4 Å². The molecule has 0 amide bonds. The molecule has 0 bridgehead atoms. The lowest BCUT2D eigenvalue weighted by Gasteiger charge is -2.31. The Hall–Kier alpha value is -3.02. The van der Waals surface area contributed by atoms with Crippen molar-refractivity contribution in [2.45, 2.75) is 26.4 Å². The number of carbonyl (C=O) groups excluding carboxylic acids is 1. The van der Waals surface area contributed by atoms with Gasteiger partial charge in [-0.3, -0.25) is 5.41 Å². The Balaban J connectivity index is 2.02. The first-order valence-corrected chi connectivity index (χ1v) is 11.3. The van der Waals surface area contributed by atoms with Gasteiger partial charge in [-0.25, -0.2) is 4.79 Å². The molecule has 2 aromatic rings. The molecular formula is C24H22BrClN2O5. The van der Waals surface area contributed by atoms with Crippen molar-refractivity contribution < 1.29 is 23.7 Å². The number of allylic oxidation sites excluding steroid dienone is 1. The monoisotopic (exact) mass is 532 g/mol. The largest absolute Gasteiger partial charge is 0.496 e. The van der Waals surface area contributed by atoms with Gasteiger partial charge in [0.05, 0.1) is 30.4 Å². The molecule has 1 N–H and O–H groups in total. The number of methoxy groups -OCH3 is 1. The molecule has 2 aromatic carbocycles. The predicted octanol–water partition coefficient (Wildman–Crippen LogP) is 5.76. The average Bonchev–Trinajstić information content (AvgIpc) is 2.78. The molecule has 3 rings (SSSR count). The Morgan fingerprint density at radius 1 is 1.27 bits per heavy atom. The Bertz CT molecular complexity index is 1160. The zero-order chi connectivity index (χ0) is 24.1. The average molecular weight is 534 g/mol. The van der Waals surface area contributed by atoms with Crippen LogP contribution in [0.3, 0.4) is 0 Å². The van der Waals surface area contributed by atoms with Gasteiger partial charge in [-0.1, -0.05) is 33.6 Å². The lowest BCUT2D eigenvalue weighted by atomic mass is 9.78. The molecule has 2 unspecified atom stereocenters. The van der Waals surface area contributed by atoms with Gasteiger partial charge in [0.1, 0.15) is 29.8 Å². The van der Waals surface area contributed by atoms with Crippen LogP contribution in [0.1, 0.15) is 30.9 Å². The molecule has 0 saturated heterocycles. The highest BCUT2D eigenvalue weighted by Gasteiger charge is 2.41. The van der Waals surface area contributed by atoms with E-state index >= 15 is 0 Å². The van der Waals surface area contributed by atoms with Crippen LogP contribution in [0.15, 0.2) is 52.2 Å². The van der Waals surface area contributed by atoms with Crippen LogP contribution in [0.4, 0.5) is 0 Å². The number of hydrogen-bond acceptors (Lipinski definition) is 7. The molecule has 33 heavy (non-hydrogen) atoms. The maximum absolute atomic E-state index is 12.7. The molecule has 0 fully saturated rings. The number of benzene rings is 2. The standard InChI is InChI=1S/C24H22BrClN2O5/c1-4-31-24(29)21-13(2)33-23(28)17(11-27)22(21)14-5-7-19(30-3)15(9-14)12-32-20-8-6-16(25)10-18(20)26/h5-10,17,22,28H,4,12H2,1-3H3. The van der Waals surface area contributed by atoms with Crippen molar-refractivity contribution in [3.05, 3.63) is 68.4 Å². The fourth-order valence-corrected chi connectivity index (χ4v) is 4.37. The highest BCUT2D eigenvalue weighted by molar-refractivity contribution is 9.10. The molecule has 0 radical (unpaired) electrons. The van der Waals surface area contributed by atoms with Crippen molar-refractivity contribution in [2.75, 3.05) is 13.7 Å². The summed E-state index contributed by atoms with van der Waals surface area (Å²) in [5, 5.41) is 18.4. The second-order valence-electron chi connectivity index (χ2n) is 7.18. The van der Waals surface area contributed by atoms with Crippen LogP contribution in [0.25, 0.3) is 0 Å². The second-order valence-corrected chi connectivity index (χ2v) is 8.50. The normalized spacial score (nSPS) is 17.8. The van der Waals surface area contributed by atoms with E-state index in [2.05, 4.69) is 22.0 Å². The van der Waals surface area contributed by atoms with Gasteiger partial charge in [-0.15, -0.1) is 0 Å². The lowest BCUT2D eigenvalue weighted by molar-refractivity contribution is -0.139. The highest BCUT2D eigenvalue weighted by Crippen LogP contribution is 2.41. The fourth-order valence-electron chi connectivity index (χ4n) is 3.64. The van der Waals surface area contributed by atoms with Crippen LogP contribution in [0, 0.1) is 22.7 Å². The van der Waals surface area contributed by atoms with E-state index in [4.69, 9.17) is 36.0 Å². The summed E-state index contributed by atoms with van der Waals surface area (Å²) in [5.74, 6) is -1.22. The maximum atomic E-state index is 12.7. The van der Waals surface area contributed by atoms with Crippen LogP contribution in [0.5, 0.6) is 11.5 Å². The summed E-state index contributed by atoms with van der Waals surface area (Å²) in [6, 6.07) is 12.7. The van der Waals surface area contributed by atoms with Gasteiger partial charge >= 0.3 is 5.97 Å². The summed E-state index contributed by atoms with van der Waals surface area (Å²) in [4.78, 5) is 12.7. The molecule has 1 aliphatic rings. The van der Waals surface area contributed by atoms with Gasteiger partial charge in [0.25, 0.3) is 0 Å². The van der Waals surface area contributed by atoms with Gasteiger partial charge in [-0.05, 0) is 49.7 Å². The zero-order valence-corrected chi connectivity index (χ0v) is 20.6. The van der Waals surface area contributed by atoms with Crippen LogP contribution in [-0.4, -0.2) is 25.6 Å². The number of rotatable bonds is 7. The molecule has 0 aliphatic carbocycles. The first kappa shape index (κ1) is 24.6. The highest BCUT2D eigenvalue weighted by atomic mass is 79.9. The summed E-state index contributed by atoms with van der Waals surface area (Å²) in [6.07, 6.45) is 0. The Kier molecular flexibility index (Phi) is 8.01. The summed E-state index contributed by atoms with van der Waals surface area (Å²) in [6.45, 7) is 3.59. The smallest absolute Gasteiger partial charge is 0.338 e. The summed E-state index contributed by atoms with van der Waals surface area (Å²) in [7, 11) is 1.54. The van der Waals surface area contributed by atoms with Crippen molar-refractivity contribution in [3.8, 4) is 17.6 Å². The summed E-state index contributed by atoms with van der Waals surface area (Å²) in [5.41, 5.74) is 1.54. The van der Waals surface area contributed by atoms with Gasteiger partial charge in [0.2, 0.25) is 5.90 Å². The first-order chi connectivity index (χ1) is 15.8. The molecule has 172 valence electrons. The molecule has 1 heterocycles. The Morgan fingerprint density at radius 3 is 2.64 bits per heavy atom. The van der Waals surface area contributed by atoms with Gasteiger partial charge in [0.15, 0.2) is 0 Å². The third-order valence-corrected chi connectivity index (χ3v) is 5.93. The van der Waals surface area contributed by atoms with E-state index < -0.39 is 17.8 Å². The van der Waals surface area contributed by atoms with Crippen molar-refractivity contribution in [1.82, 2.24) is 0 Å². The predicted molar refractivity (Wildman–Crippen MR) is 126 cm³/mol. The Morgan fingerprint density at radius 2 is 2.00 bits per heavy atom. The molecule has 7 nitrogen and oxygen atoms in total. The number of carbonyl (C=O) groups is 1. The fraction of sp³-hybridized carbons (Fsp3) is 0.292. The van der Waals surface area contributed by atoms with Crippen LogP contribution in [-0.2, 0) is 20.9 Å². The minimum absolute atomic E-state index is 0.133. The van der Waals surface area contributed by atoms with Gasteiger partial charge in [-0.2, -0.15) is 5.26 Å². The number of halogens is 2. The summed E-state index contributed by atoms with van der Waals surface area (Å²) >= 11 is 9.62. The third kappa shape index (κ3) is 5.32. The van der Waals surface area contributed by atoms with Crippen LogP contribution in [0.2, 0.25) is 5.02 Å². The number of nitriles is 1. The van der Waals surface area contributed by atoms with Gasteiger partial charge < -0.3 is 18.9 Å². The van der Waals surface area contributed by atoms with E-state index in [9.17, 15) is 10.1 Å². The SMILES string of the molecule is CCOC(=O)C1=C(C)OC(=N)C(C#N)C1c1ccc(OC)c(COc2ccc(Br)cc2Cl)c1. The van der Waals surface area contributed by atoms with Gasteiger partial charge in [0, 0.05) is 16.0 Å². The maximum Gasteiger partial charge on any atom is 0.338 e. The number of ether oxygens (including phenoxy) is 4. The Labute approximate surface area is 205 Å². The molecule has 0 saturated carbocycles. The van der Waals surface area contributed by atoms with E-state index in [1.165, 1.54) is 0 Å². The lowest BCUT2D eigenvalue weighted by Crippen LogP contribution is -2.33. The zero-order valence-electron chi connectivity index (χ0n) is 18.3. The van der Waals surface area contributed by atoms with E-state index in [-0.39, 0.29) is 30.4 Å².